The molecule has 0 unspecified atom stereocenters. The highest BCUT2D eigenvalue weighted by Crippen LogP contribution is 2.51. The van der Waals surface area contributed by atoms with E-state index in [4.69, 9.17) is 4.74 Å². The van der Waals surface area contributed by atoms with E-state index in [1.54, 1.807) is 0 Å². The molecule has 0 spiro atoms. The molecular formula is C24H21N2O+. The standard InChI is InChI=1S/C24H21N2O/c1-13-10-18-22-19(11-13)27-24-17-9-5-7-15-6-4-8-16(21(15)17)14(2)20(24)23(22)26(3)12-25-18/h4,6,8,10-12H,5,7,9H2,1-3H3/q+1. The molecule has 0 saturated heterocycles. The van der Waals surface area contributed by atoms with Crippen molar-refractivity contribution in [3.05, 3.63) is 58.9 Å². The summed E-state index contributed by atoms with van der Waals surface area (Å²) in [4.78, 5) is 4.66. The Kier molecular flexibility index (Phi) is 2.84. The quantitative estimate of drug-likeness (QED) is 0.362. The van der Waals surface area contributed by atoms with Crippen LogP contribution in [0.25, 0.3) is 32.9 Å². The predicted molar refractivity (Wildman–Crippen MR) is 107 cm³/mol. The number of hydrogen-bond donors (Lipinski definition) is 0. The van der Waals surface area contributed by atoms with E-state index < -0.39 is 0 Å². The molecule has 3 nitrogen and oxygen atoms in total. The molecule has 4 aromatic rings. The minimum Gasteiger partial charge on any atom is -0.455 e. The molecule has 6 rings (SSSR count). The van der Waals surface area contributed by atoms with Gasteiger partial charge in [0.2, 0.25) is 0 Å². The van der Waals surface area contributed by atoms with Crippen LogP contribution in [0.4, 0.5) is 0 Å². The van der Waals surface area contributed by atoms with Crippen LogP contribution in [0.2, 0.25) is 0 Å². The Morgan fingerprint density at radius 2 is 1.96 bits per heavy atom. The molecule has 0 N–H and O–H groups in total. The van der Waals surface area contributed by atoms with Gasteiger partial charge in [-0.25, -0.2) is 4.57 Å². The Labute approximate surface area is 158 Å². The summed E-state index contributed by atoms with van der Waals surface area (Å²) in [5.41, 5.74) is 8.80. The smallest absolute Gasteiger partial charge is 0.287 e. The molecule has 132 valence electrons. The molecule has 3 aromatic carbocycles. The lowest BCUT2D eigenvalue weighted by atomic mass is 9.82. The fourth-order valence-electron chi connectivity index (χ4n) is 5.09. The Balaban J connectivity index is 1.86. The average molecular weight is 353 g/mol. The Bertz CT molecular complexity index is 1300. The van der Waals surface area contributed by atoms with Crippen molar-refractivity contribution in [3.63, 3.8) is 0 Å². The lowest BCUT2D eigenvalue weighted by molar-refractivity contribution is -0.662. The van der Waals surface area contributed by atoms with Crippen LogP contribution in [0.5, 0.6) is 11.5 Å². The van der Waals surface area contributed by atoms with Crippen molar-refractivity contribution in [2.45, 2.75) is 33.1 Å². The highest BCUT2D eigenvalue weighted by atomic mass is 16.5. The maximum absolute atomic E-state index is 6.63. The van der Waals surface area contributed by atoms with Gasteiger partial charge in [0.25, 0.3) is 6.33 Å². The number of rotatable bonds is 0. The van der Waals surface area contributed by atoms with Crippen LogP contribution >= 0.6 is 0 Å². The van der Waals surface area contributed by atoms with Crippen LogP contribution < -0.4 is 9.30 Å². The summed E-state index contributed by atoms with van der Waals surface area (Å²) in [6.07, 6.45) is 5.35. The lowest BCUT2D eigenvalue weighted by Crippen LogP contribution is -2.33. The third-order valence-electron chi connectivity index (χ3n) is 6.24. The first kappa shape index (κ1) is 15.2. The van der Waals surface area contributed by atoms with Crippen molar-refractivity contribution < 1.29 is 9.30 Å². The molecule has 0 amide bonds. The summed E-state index contributed by atoms with van der Waals surface area (Å²) in [6.45, 7) is 4.35. The van der Waals surface area contributed by atoms with Gasteiger partial charge in [0, 0.05) is 5.56 Å². The molecule has 0 atom stereocenters. The van der Waals surface area contributed by atoms with Gasteiger partial charge in [-0.05, 0) is 77.7 Å². The average Bonchev–Trinajstić information content (AvgIpc) is 2.67. The minimum absolute atomic E-state index is 0.939. The maximum atomic E-state index is 6.63. The van der Waals surface area contributed by atoms with Crippen molar-refractivity contribution in [1.29, 1.82) is 0 Å². The van der Waals surface area contributed by atoms with Crippen LogP contribution in [0.3, 0.4) is 0 Å². The molecule has 0 fully saturated rings. The monoisotopic (exact) mass is 353 g/mol. The van der Waals surface area contributed by atoms with Crippen LogP contribution in [0.1, 0.15) is 28.7 Å². The number of hydrogen-bond acceptors (Lipinski definition) is 2. The van der Waals surface area contributed by atoms with Crippen molar-refractivity contribution in [3.8, 4) is 22.8 Å². The van der Waals surface area contributed by atoms with E-state index in [-0.39, 0.29) is 0 Å². The van der Waals surface area contributed by atoms with E-state index in [1.165, 1.54) is 50.7 Å². The largest absolute Gasteiger partial charge is 0.455 e. The zero-order valence-corrected chi connectivity index (χ0v) is 15.9. The lowest BCUT2D eigenvalue weighted by Gasteiger charge is -2.28. The maximum Gasteiger partial charge on any atom is 0.287 e. The second kappa shape index (κ2) is 5.07. The number of benzene rings is 3. The second-order valence-electron chi connectivity index (χ2n) is 7.96. The molecule has 0 saturated carbocycles. The van der Waals surface area contributed by atoms with E-state index >= 15 is 0 Å². The number of nitrogens with zero attached hydrogens (tertiary/aromatic N) is 2. The first-order chi connectivity index (χ1) is 13.1. The summed E-state index contributed by atoms with van der Waals surface area (Å²) in [5, 5.41) is 3.91. The van der Waals surface area contributed by atoms with Crippen molar-refractivity contribution in [1.82, 2.24) is 4.98 Å². The van der Waals surface area contributed by atoms with E-state index in [0.29, 0.717) is 0 Å². The molecule has 3 heteroatoms. The third kappa shape index (κ3) is 1.86. The first-order valence-corrected chi connectivity index (χ1v) is 9.67. The number of aryl methyl sites for hydroxylation is 5. The fourth-order valence-corrected chi connectivity index (χ4v) is 5.09. The zero-order chi connectivity index (χ0) is 18.3. The number of aromatic nitrogens is 2. The van der Waals surface area contributed by atoms with Crippen molar-refractivity contribution in [2.24, 2.45) is 7.05 Å². The minimum atomic E-state index is 0.939. The van der Waals surface area contributed by atoms with Gasteiger partial charge >= 0.3 is 0 Å². The molecule has 1 aliphatic heterocycles. The highest BCUT2D eigenvalue weighted by Gasteiger charge is 2.33. The zero-order valence-electron chi connectivity index (χ0n) is 15.9. The van der Waals surface area contributed by atoms with Gasteiger partial charge in [0.1, 0.15) is 16.9 Å². The van der Waals surface area contributed by atoms with Crippen LogP contribution in [-0.2, 0) is 19.9 Å². The van der Waals surface area contributed by atoms with E-state index in [2.05, 4.69) is 60.8 Å². The molecule has 0 radical (unpaired) electrons. The topological polar surface area (TPSA) is 26.0 Å². The van der Waals surface area contributed by atoms with Crippen LogP contribution in [-0.4, -0.2) is 4.98 Å². The van der Waals surface area contributed by atoms with Gasteiger partial charge in [0.05, 0.1) is 12.6 Å². The Morgan fingerprint density at radius 1 is 1.07 bits per heavy atom. The molecule has 2 heterocycles. The normalized spacial score (nSPS) is 14.3. The Hall–Kier alpha value is -2.94. The van der Waals surface area contributed by atoms with Crippen LogP contribution in [0, 0.1) is 13.8 Å². The predicted octanol–water partition coefficient (Wildman–Crippen LogP) is 5.09. The van der Waals surface area contributed by atoms with E-state index in [9.17, 15) is 0 Å². The van der Waals surface area contributed by atoms with E-state index in [1.807, 2.05) is 6.33 Å². The molecule has 27 heavy (non-hydrogen) atoms. The van der Waals surface area contributed by atoms with Gasteiger partial charge in [-0.2, -0.15) is 0 Å². The third-order valence-corrected chi connectivity index (χ3v) is 6.24. The van der Waals surface area contributed by atoms with Gasteiger partial charge in [-0.15, -0.1) is 0 Å². The fraction of sp³-hybridized carbons (Fsp3) is 0.250. The SMILES string of the molecule is Cc1cc2c3c([n+](C)cnc3c1)-c1c(c3c4c(cccc4c1C)CCC3)O2. The number of fused-ring (bicyclic) bond motifs is 3. The summed E-state index contributed by atoms with van der Waals surface area (Å²) in [7, 11) is 2.09. The Morgan fingerprint density at radius 3 is 2.85 bits per heavy atom. The molecular weight excluding hydrogens is 332 g/mol. The van der Waals surface area contributed by atoms with Gasteiger partial charge < -0.3 is 4.74 Å². The molecule has 1 aromatic heterocycles. The van der Waals surface area contributed by atoms with E-state index in [0.717, 1.165) is 35.2 Å². The number of ether oxygens (including phenoxy) is 1. The van der Waals surface area contributed by atoms with Gasteiger partial charge in [-0.3, -0.25) is 0 Å². The van der Waals surface area contributed by atoms with Crippen molar-refractivity contribution in [2.75, 3.05) is 0 Å². The van der Waals surface area contributed by atoms with Crippen molar-refractivity contribution >= 4 is 21.7 Å². The summed E-state index contributed by atoms with van der Waals surface area (Å²) >= 11 is 0. The second-order valence-corrected chi connectivity index (χ2v) is 7.96. The summed E-state index contributed by atoms with van der Waals surface area (Å²) in [6, 6.07) is 11.1. The summed E-state index contributed by atoms with van der Waals surface area (Å²) < 4.78 is 8.79. The van der Waals surface area contributed by atoms with Gasteiger partial charge in [0.15, 0.2) is 11.2 Å². The molecule has 0 bridgehead atoms. The molecule has 2 aliphatic rings. The molecule has 1 aliphatic carbocycles. The van der Waals surface area contributed by atoms with Gasteiger partial charge in [-0.1, -0.05) is 18.2 Å². The first-order valence-electron chi connectivity index (χ1n) is 9.67. The summed E-state index contributed by atoms with van der Waals surface area (Å²) in [5.74, 6) is 2.00. The highest BCUT2D eigenvalue weighted by molar-refractivity contribution is 6.06. The van der Waals surface area contributed by atoms with Crippen LogP contribution in [0.15, 0.2) is 36.7 Å².